The van der Waals surface area contributed by atoms with Gasteiger partial charge in [0.05, 0.1) is 6.61 Å². The summed E-state index contributed by atoms with van der Waals surface area (Å²) in [5.74, 6) is 1.80. The van der Waals surface area contributed by atoms with Crippen molar-refractivity contribution in [1.29, 1.82) is 0 Å². The largest absolute Gasteiger partial charge is 0.380 e. The normalized spacial score (nSPS) is 11.5. The summed E-state index contributed by atoms with van der Waals surface area (Å²) in [5.41, 5.74) is 1.06. The van der Waals surface area contributed by atoms with Crippen molar-refractivity contribution in [1.82, 2.24) is 15.6 Å². The van der Waals surface area contributed by atoms with Crippen molar-refractivity contribution >= 4 is 17.7 Å². The van der Waals surface area contributed by atoms with E-state index < -0.39 is 0 Å². The molecule has 1 amide bonds. The number of anilines is 1. The molecular formula is C18H31N5O2. The Labute approximate surface area is 150 Å². The average Bonchev–Trinajstić information content (AvgIpc) is 2.58. The Morgan fingerprint density at radius 1 is 1.24 bits per heavy atom. The number of ether oxygens (including phenoxy) is 1. The first-order valence-electron chi connectivity index (χ1n) is 8.76. The lowest BCUT2D eigenvalue weighted by Gasteiger charge is -2.12. The van der Waals surface area contributed by atoms with E-state index in [0.717, 1.165) is 18.6 Å². The average molecular weight is 349 g/mol. The third-order valence-corrected chi connectivity index (χ3v) is 3.43. The molecule has 0 aliphatic carbocycles. The lowest BCUT2D eigenvalue weighted by molar-refractivity contribution is -0.116. The van der Waals surface area contributed by atoms with E-state index in [1.807, 2.05) is 13.0 Å². The van der Waals surface area contributed by atoms with E-state index in [0.29, 0.717) is 43.8 Å². The standard InChI is InChI=1S/C18H31N5O2/c1-14(2)8-11-25-12-10-21-18(19-4)20-9-7-17(24)23-16-6-5-15(3)13-22-16/h5-6,13-14H,7-12H2,1-4H3,(H2,19,20,21)(H,22,23,24). The van der Waals surface area contributed by atoms with Gasteiger partial charge in [-0.15, -0.1) is 0 Å². The van der Waals surface area contributed by atoms with E-state index in [1.54, 1.807) is 19.3 Å². The predicted octanol–water partition coefficient (Wildman–Crippen LogP) is 1.95. The summed E-state index contributed by atoms with van der Waals surface area (Å²) in [4.78, 5) is 20.2. The number of amides is 1. The van der Waals surface area contributed by atoms with Crippen LogP contribution in [0.15, 0.2) is 23.3 Å². The summed E-state index contributed by atoms with van der Waals surface area (Å²) in [6.45, 7) is 8.89. The van der Waals surface area contributed by atoms with Gasteiger partial charge in [0, 0.05) is 39.4 Å². The minimum Gasteiger partial charge on any atom is -0.380 e. The Balaban J connectivity index is 2.13. The first-order valence-corrected chi connectivity index (χ1v) is 8.76. The molecule has 1 aromatic heterocycles. The van der Waals surface area contributed by atoms with Crippen LogP contribution in [0, 0.1) is 12.8 Å². The van der Waals surface area contributed by atoms with Gasteiger partial charge in [0.2, 0.25) is 5.91 Å². The number of carbonyl (C=O) groups excluding carboxylic acids is 1. The summed E-state index contributed by atoms with van der Waals surface area (Å²) in [6.07, 6.45) is 3.13. The summed E-state index contributed by atoms with van der Waals surface area (Å²) in [7, 11) is 1.70. The topological polar surface area (TPSA) is 87.6 Å². The fourth-order valence-corrected chi connectivity index (χ4v) is 1.92. The van der Waals surface area contributed by atoms with E-state index >= 15 is 0 Å². The lowest BCUT2D eigenvalue weighted by Crippen LogP contribution is -2.40. The maximum atomic E-state index is 11.9. The number of nitrogens with one attached hydrogen (secondary N) is 3. The van der Waals surface area contributed by atoms with Gasteiger partial charge in [-0.3, -0.25) is 9.79 Å². The number of carbonyl (C=O) groups is 1. The molecule has 0 aromatic carbocycles. The molecule has 0 atom stereocenters. The first-order chi connectivity index (χ1) is 12.0. The van der Waals surface area contributed by atoms with Crippen LogP contribution >= 0.6 is 0 Å². The van der Waals surface area contributed by atoms with Crippen LogP contribution in [0.5, 0.6) is 0 Å². The molecule has 0 aliphatic rings. The number of aromatic nitrogens is 1. The second kappa shape index (κ2) is 12.2. The Morgan fingerprint density at radius 2 is 2.00 bits per heavy atom. The highest BCUT2D eigenvalue weighted by atomic mass is 16.5. The third-order valence-electron chi connectivity index (χ3n) is 3.43. The minimum atomic E-state index is -0.0867. The molecular weight excluding hydrogens is 318 g/mol. The molecule has 140 valence electrons. The van der Waals surface area contributed by atoms with Crippen molar-refractivity contribution < 1.29 is 9.53 Å². The zero-order valence-corrected chi connectivity index (χ0v) is 15.8. The molecule has 1 heterocycles. The first kappa shape index (κ1) is 20.9. The summed E-state index contributed by atoms with van der Waals surface area (Å²) in [5, 5.41) is 9.03. The van der Waals surface area contributed by atoms with Crippen molar-refractivity contribution in [2.24, 2.45) is 10.9 Å². The van der Waals surface area contributed by atoms with Crippen LogP contribution in [0.2, 0.25) is 0 Å². The molecule has 0 spiro atoms. The highest BCUT2D eigenvalue weighted by Crippen LogP contribution is 2.03. The molecule has 25 heavy (non-hydrogen) atoms. The zero-order chi connectivity index (χ0) is 18.5. The van der Waals surface area contributed by atoms with Gasteiger partial charge in [-0.1, -0.05) is 19.9 Å². The molecule has 0 bridgehead atoms. The van der Waals surface area contributed by atoms with Gasteiger partial charge in [-0.2, -0.15) is 0 Å². The van der Waals surface area contributed by atoms with Gasteiger partial charge in [0.15, 0.2) is 5.96 Å². The van der Waals surface area contributed by atoms with Gasteiger partial charge in [-0.25, -0.2) is 4.98 Å². The van der Waals surface area contributed by atoms with Crippen LogP contribution in [-0.4, -0.2) is 50.2 Å². The van der Waals surface area contributed by atoms with Crippen LogP contribution in [0.3, 0.4) is 0 Å². The number of rotatable bonds is 10. The van der Waals surface area contributed by atoms with Crippen molar-refractivity contribution in [2.45, 2.75) is 33.6 Å². The Bertz CT molecular complexity index is 529. The Kier molecular flexibility index (Phi) is 10.2. The molecule has 1 rings (SSSR count). The molecule has 0 radical (unpaired) electrons. The highest BCUT2D eigenvalue weighted by Gasteiger charge is 2.04. The fraction of sp³-hybridized carbons (Fsp3) is 0.611. The molecule has 7 heteroatoms. The van der Waals surface area contributed by atoms with Gasteiger partial charge in [0.25, 0.3) is 0 Å². The maximum absolute atomic E-state index is 11.9. The molecule has 0 unspecified atom stereocenters. The SMILES string of the molecule is CN=C(NCCOCCC(C)C)NCCC(=O)Nc1ccc(C)cn1. The van der Waals surface area contributed by atoms with Gasteiger partial charge in [-0.05, 0) is 30.9 Å². The summed E-state index contributed by atoms with van der Waals surface area (Å²) >= 11 is 0. The lowest BCUT2D eigenvalue weighted by atomic mass is 10.1. The monoisotopic (exact) mass is 349 g/mol. The fourth-order valence-electron chi connectivity index (χ4n) is 1.92. The van der Waals surface area contributed by atoms with E-state index in [1.165, 1.54) is 0 Å². The molecule has 0 aliphatic heterocycles. The molecule has 0 saturated carbocycles. The smallest absolute Gasteiger partial charge is 0.227 e. The Morgan fingerprint density at radius 3 is 2.64 bits per heavy atom. The van der Waals surface area contributed by atoms with Crippen LogP contribution in [0.25, 0.3) is 0 Å². The van der Waals surface area contributed by atoms with Crippen molar-refractivity contribution in [3.8, 4) is 0 Å². The van der Waals surface area contributed by atoms with Crippen molar-refractivity contribution in [3.63, 3.8) is 0 Å². The van der Waals surface area contributed by atoms with Crippen LogP contribution in [0.1, 0.15) is 32.3 Å². The molecule has 3 N–H and O–H groups in total. The van der Waals surface area contributed by atoms with Gasteiger partial charge in [0.1, 0.15) is 5.82 Å². The second-order valence-electron chi connectivity index (χ2n) is 6.24. The van der Waals surface area contributed by atoms with Crippen molar-refractivity contribution in [3.05, 3.63) is 23.9 Å². The molecule has 0 saturated heterocycles. The molecule has 1 aromatic rings. The van der Waals surface area contributed by atoms with Crippen LogP contribution < -0.4 is 16.0 Å². The number of hydrogen-bond donors (Lipinski definition) is 3. The minimum absolute atomic E-state index is 0.0867. The number of aliphatic imine (C=N–C) groups is 1. The number of nitrogens with zero attached hydrogens (tertiary/aromatic N) is 2. The zero-order valence-electron chi connectivity index (χ0n) is 15.8. The van der Waals surface area contributed by atoms with Gasteiger partial charge < -0.3 is 20.7 Å². The van der Waals surface area contributed by atoms with E-state index in [2.05, 4.69) is 39.8 Å². The number of hydrogen-bond acceptors (Lipinski definition) is 4. The van der Waals surface area contributed by atoms with Crippen LogP contribution in [0.4, 0.5) is 5.82 Å². The van der Waals surface area contributed by atoms with E-state index in [-0.39, 0.29) is 5.91 Å². The Hall–Kier alpha value is -2.15. The predicted molar refractivity (Wildman–Crippen MR) is 102 cm³/mol. The second-order valence-corrected chi connectivity index (χ2v) is 6.24. The molecule has 7 nitrogen and oxygen atoms in total. The third kappa shape index (κ3) is 10.3. The van der Waals surface area contributed by atoms with E-state index in [4.69, 9.17) is 4.74 Å². The highest BCUT2D eigenvalue weighted by molar-refractivity contribution is 5.90. The quantitative estimate of drug-likeness (QED) is 0.341. The van der Waals surface area contributed by atoms with E-state index in [9.17, 15) is 4.79 Å². The number of pyridine rings is 1. The number of aryl methyl sites for hydroxylation is 1. The number of guanidine groups is 1. The summed E-state index contributed by atoms with van der Waals surface area (Å²) < 4.78 is 5.54. The summed E-state index contributed by atoms with van der Waals surface area (Å²) in [6, 6.07) is 3.70. The molecule has 0 fully saturated rings. The maximum Gasteiger partial charge on any atom is 0.227 e. The van der Waals surface area contributed by atoms with Crippen molar-refractivity contribution in [2.75, 3.05) is 38.7 Å². The van der Waals surface area contributed by atoms with Gasteiger partial charge >= 0.3 is 0 Å². The van der Waals surface area contributed by atoms with Crippen LogP contribution in [-0.2, 0) is 9.53 Å².